The first kappa shape index (κ1) is 34.9. The van der Waals surface area contributed by atoms with Crippen molar-refractivity contribution >= 4 is 47.8 Å². The average molecular weight is 538 g/mol. The first-order valence-electron chi connectivity index (χ1n) is 10.6. The molecule has 16 heteroatoms. The fraction of sp³-hybridized carbons (Fsp3) is 0.619. The molecule has 0 aliphatic carbocycles. The molecule has 0 aromatic heterocycles. The topological polar surface area (TPSA) is 210 Å². The molecule has 0 N–H and O–H groups in total. The third kappa shape index (κ3) is 23.3. The van der Waals surface area contributed by atoms with Crippen molar-refractivity contribution in [1.29, 1.82) is 0 Å². The van der Waals surface area contributed by atoms with Crippen LogP contribution in [-0.2, 0) is 76.3 Å². The summed E-state index contributed by atoms with van der Waals surface area (Å²) in [6.45, 7) is 3.91. The Hall–Kier alpha value is -4.24. The van der Waals surface area contributed by atoms with Crippen molar-refractivity contribution in [2.75, 3.05) is 40.5 Å². The Morgan fingerprint density at radius 2 is 0.595 bits per heavy atom. The van der Waals surface area contributed by atoms with Gasteiger partial charge in [-0.3, -0.25) is 38.4 Å². The quantitative estimate of drug-likeness (QED) is 0.111. The van der Waals surface area contributed by atoms with Gasteiger partial charge in [0.25, 0.3) is 0 Å². The van der Waals surface area contributed by atoms with Crippen molar-refractivity contribution in [3.05, 3.63) is 0 Å². The minimum Gasteiger partial charge on any atom is -0.469 e. The summed E-state index contributed by atoms with van der Waals surface area (Å²) in [6, 6.07) is 0. The summed E-state index contributed by atoms with van der Waals surface area (Å²) in [5.41, 5.74) is 0. The van der Waals surface area contributed by atoms with Crippen LogP contribution in [0.4, 0.5) is 0 Å². The van der Waals surface area contributed by atoms with E-state index in [1.54, 1.807) is 20.8 Å². The van der Waals surface area contributed by atoms with Crippen molar-refractivity contribution in [1.82, 2.24) is 0 Å². The lowest BCUT2D eigenvalue weighted by atomic mass is 10.4. The second-order valence-electron chi connectivity index (χ2n) is 6.00. The number of esters is 8. The van der Waals surface area contributed by atoms with E-state index >= 15 is 0 Å². The fourth-order valence-corrected chi connectivity index (χ4v) is 1.71. The Morgan fingerprint density at radius 1 is 0.378 bits per heavy atom. The van der Waals surface area contributed by atoms with E-state index in [0.717, 1.165) is 7.11 Å². The lowest BCUT2D eigenvalue weighted by Crippen LogP contribution is -2.19. The Balaban J connectivity index is 0. The molecule has 16 nitrogen and oxygen atoms in total. The van der Waals surface area contributed by atoms with E-state index in [-0.39, 0.29) is 19.8 Å². The third-order valence-corrected chi connectivity index (χ3v) is 3.18. The summed E-state index contributed by atoms with van der Waals surface area (Å²) in [4.78, 5) is 87.2. The van der Waals surface area contributed by atoms with Gasteiger partial charge in [0, 0.05) is 0 Å². The van der Waals surface area contributed by atoms with E-state index in [1.165, 1.54) is 0 Å². The Bertz CT molecular complexity index is 755. The van der Waals surface area contributed by atoms with Crippen molar-refractivity contribution in [3.63, 3.8) is 0 Å². The smallest absolute Gasteiger partial charge is 0.320 e. The maximum Gasteiger partial charge on any atom is 0.320 e. The van der Waals surface area contributed by atoms with Crippen molar-refractivity contribution in [3.8, 4) is 0 Å². The maximum absolute atomic E-state index is 11.0. The zero-order valence-electron chi connectivity index (χ0n) is 20.9. The molecule has 0 radical (unpaired) electrons. The molecule has 0 fully saturated rings. The number of carbonyl (C=O) groups is 8. The molecule has 0 atom stereocenters. The number of rotatable bonds is 15. The highest BCUT2D eigenvalue weighted by molar-refractivity contribution is 5.93. The van der Waals surface area contributed by atoms with Crippen LogP contribution in [0.25, 0.3) is 0 Å². The lowest BCUT2D eigenvalue weighted by molar-refractivity contribution is -0.173. The van der Waals surface area contributed by atoms with Gasteiger partial charge in [-0.05, 0) is 20.8 Å². The second kappa shape index (κ2) is 22.2. The summed E-state index contributed by atoms with van der Waals surface area (Å²) in [6.07, 6.45) is -2.28. The van der Waals surface area contributed by atoms with Gasteiger partial charge >= 0.3 is 47.8 Å². The van der Waals surface area contributed by atoms with Gasteiger partial charge in [-0.25, -0.2) is 0 Å². The van der Waals surface area contributed by atoms with E-state index in [4.69, 9.17) is 0 Å². The maximum atomic E-state index is 11.0. The minimum atomic E-state index is -0.897. The summed E-state index contributed by atoms with van der Waals surface area (Å²) >= 11 is 0. The van der Waals surface area contributed by atoms with Crippen LogP contribution in [0.15, 0.2) is 0 Å². The summed E-state index contributed by atoms with van der Waals surface area (Å²) in [7, 11) is 1.12. The van der Waals surface area contributed by atoms with Crippen LogP contribution in [0.2, 0.25) is 0 Å². The van der Waals surface area contributed by atoms with Crippen molar-refractivity contribution < 1.29 is 76.3 Å². The summed E-state index contributed by atoms with van der Waals surface area (Å²) in [5.74, 6) is -6.52. The normalized spacial score (nSPS) is 9.30. The lowest BCUT2D eigenvalue weighted by Gasteiger charge is -2.06. The number of hydrogen-bond acceptors (Lipinski definition) is 16. The van der Waals surface area contributed by atoms with Gasteiger partial charge in [0.1, 0.15) is 25.7 Å². The zero-order chi connectivity index (χ0) is 28.6. The van der Waals surface area contributed by atoms with Gasteiger partial charge in [0.15, 0.2) is 0 Å². The van der Waals surface area contributed by atoms with Gasteiger partial charge in [0.2, 0.25) is 13.6 Å². The molecule has 210 valence electrons. The van der Waals surface area contributed by atoms with E-state index in [1.807, 2.05) is 0 Å². The molecule has 0 saturated heterocycles. The van der Waals surface area contributed by atoms with Gasteiger partial charge < -0.3 is 37.9 Å². The van der Waals surface area contributed by atoms with Gasteiger partial charge in [-0.15, -0.1) is 0 Å². The number of hydrogen-bond donors (Lipinski definition) is 0. The van der Waals surface area contributed by atoms with Gasteiger partial charge in [0.05, 0.1) is 26.9 Å². The molecule has 0 spiro atoms. The van der Waals surface area contributed by atoms with Gasteiger partial charge in [-0.1, -0.05) is 0 Å². The van der Waals surface area contributed by atoms with Crippen molar-refractivity contribution in [2.45, 2.75) is 46.5 Å². The fourth-order valence-electron chi connectivity index (χ4n) is 1.71. The average Bonchev–Trinajstić information content (AvgIpc) is 2.79. The molecule has 0 aromatic carbocycles. The highest BCUT2D eigenvalue weighted by Gasteiger charge is 2.15. The largest absolute Gasteiger partial charge is 0.469 e. The number of ether oxygens (including phenoxy) is 8. The molecule has 0 aliphatic heterocycles. The molecule has 0 aromatic rings. The standard InChI is InChI=1S/C11H16O8.C10H14O8/c1-3-16-8(12)5-10(14)18-7-19-11(15)6-9(13)17-4-2;1-3-16-8(12)5-10(14)18-6-17-9(13)4-7(11)15-2/h3-7H2,1-2H3;3-6H2,1-2H3. The molecule has 0 heterocycles. The summed E-state index contributed by atoms with van der Waals surface area (Å²) < 4.78 is 35.4. The first-order valence-corrected chi connectivity index (χ1v) is 10.6. The van der Waals surface area contributed by atoms with Crippen molar-refractivity contribution in [2.24, 2.45) is 0 Å². The molecular formula is C21H30O16. The second-order valence-corrected chi connectivity index (χ2v) is 6.00. The Morgan fingerprint density at radius 3 is 0.811 bits per heavy atom. The van der Waals surface area contributed by atoms with Gasteiger partial charge in [-0.2, -0.15) is 0 Å². The van der Waals surface area contributed by atoms with Crippen LogP contribution < -0.4 is 0 Å². The predicted molar refractivity (Wildman–Crippen MR) is 114 cm³/mol. The molecule has 0 amide bonds. The van der Waals surface area contributed by atoms with Crippen LogP contribution >= 0.6 is 0 Å². The SMILES string of the molecule is CCOC(=O)CC(=O)OCOC(=O)CC(=O)OC.CCOC(=O)CC(=O)OCOC(=O)CC(=O)OCC. The van der Waals surface area contributed by atoms with E-state index in [0.29, 0.717) is 0 Å². The Kier molecular flexibility index (Phi) is 21.0. The minimum absolute atomic E-state index is 0.153. The number of carbonyl (C=O) groups excluding carboxylic acids is 8. The van der Waals surface area contributed by atoms with Crippen LogP contribution in [0.3, 0.4) is 0 Å². The molecule has 37 heavy (non-hydrogen) atoms. The van der Waals surface area contributed by atoms with E-state index in [9.17, 15) is 38.4 Å². The van der Waals surface area contributed by atoms with Crippen LogP contribution in [0, 0.1) is 0 Å². The molecule has 0 aliphatic rings. The number of methoxy groups -OCH3 is 1. The monoisotopic (exact) mass is 538 g/mol. The molecule has 0 saturated carbocycles. The van der Waals surface area contributed by atoms with E-state index in [2.05, 4.69) is 37.9 Å². The highest BCUT2D eigenvalue weighted by atomic mass is 16.7. The zero-order valence-corrected chi connectivity index (χ0v) is 20.9. The van der Waals surface area contributed by atoms with E-state index < -0.39 is 87.0 Å². The molecular weight excluding hydrogens is 508 g/mol. The highest BCUT2D eigenvalue weighted by Crippen LogP contribution is 1.95. The molecule has 0 bridgehead atoms. The van der Waals surface area contributed by atoms with Crippen LogP contribution in [0.1, 0.15) is 46.5 Å². The predicted octanol–water partition coefficient (Wildman–Crippen LogP) is -0.517. The molecule has 0 rings (SSSR count). The summed E-state index contributed by atoms with van der Waals surface area (Å²) in [5, 5.41) is 0. The third-order valence-electron chi connectivity index (χ3n) is 3.18. The Labute approximate surface area is 211 Å². The van der Waals surface area contributed by atoms with Crippen LogP contribution in [-0.4, -0.2) is 88.3 Å². The first-order chi connectivity index (χ1) is 17.5. The molecule has 0 unspecified atom stereocenters. The van der Waals surface area contributed by atoms with Crippen LogP contribution in [0.5, 0.6) is 0 Å².